The molecule has 2 unspecified atom stereocenters. The van der Waals surface area contributed by atoms with Crippen molar-refractivity contribution in [3.63, 3.8) is 0 Å². The van der Waals surface area contributed by atoms with Gasteiger partial charge in [0.1, 0.15) is 0 Å². The lowest BCUT2D eigenvalue weighted by Crippen LogP contribution is -2.46. The largest absolute Gasteiger partial charge is 0.453 e. The first kappa shape index (κ1) is 23.1. The summed E-state index contributed by atoms with van der Waals surface area (Å²) in [5.74, 6) is -1.19. The number of hydrogen-bond acceptors (Lipinski definition) is 6. The van der Waals surface area contributed by atoms with Crippen LogP contribution in [0.15, 0.2) is 18.2 Å². The van der Waals surface area contributed by atoms with Gasteiger partial charge in [-0.3, -0.25) is 14.4 Å². The van der Waals surface area contributed by atoms with E-state index in [-0.39, 0.29) is 36.2 Å². The Hall–Kier alpha value is -2.22. The Morgan fingerprint density at radius 3 is 2.41 bits per heavy atom. The van der Waals surface area contributed by atoms with Crippen LogP contribution < -0.4 is 0 Å². The van der Waals surface area contributed by atoms with Crippen molar-refractivity contribution in [2.45, 2.75) is 59.1 Å². The first-order valence-corrected chi connectivity index (χ1v) is 11.7. The molecule has 0 N–H and O–H groups in total. The summed E-state index contributed by atoms with van der Waals surface area (Å²) in [7, 11) is -3.12. The van der Waals surface area contributed by atoms with Crippen molar-refractivity contribution < 1.29 is 27.5 Å². The van der Waals surface area contributed by atoms with Crippen LogP contribution in [0.5, 0.6) is 0 Å². The monoisotopic (exact) mass is 423 g/mol. The zero-order valence-corrected chi connectivity index (χ0v) is 18.3. The van der Waals surface area contributed by atoms with Crippen molar-refractivity contribution in [3.8, 4) is 0 Å². The number of carbonyl (C=O) groups is 3. The molecule has 0 radical (unpaired) electrons. The molecule has 0 aliphatic carbocycles. The molecule has 1 fully saturated rings. The SMILES string of the molecule is CCN(C(=O)C(C)OC(=O)CCC(=O)c1ccc(C)c(C)c1)C1CCS(=O)(=O)C1. The minimum absolute atomic E-state index is 0.000601. The summed E-state index contributed by atoms with van der Waals surface area (Å²) in [6, 6.07) is 5.01. The molecule has 0 aromatic heterocycles. The third-order valence-electron chi connectivity index (χ3n) is 5.31. The van der Waals surface area contributed by atoms with E-state index in [2.05, 4.69) is 0 Å². The Labute approximate surface area is 172 Å². The van der Waals surface area contributed by atoms with Crippen LogP contribution in [0.1, 0.15) is 54.6 Å². The van der Waals surface area contributed by atoms with Crippen LogP contribution in [0.25, 0.3) is 0 Å². The van der Waals surface area contributed by atoms with Gasteiger partial charge in [-0.05, 0) is 51.3 Å². The standard InChI is InChI=1S/C21H29NO6S/c1-5-22(18-10-11-29(26,27)13-18)21(25)16(4)28-20(24)9-8-19(23)17-7-6-14(2)15(3)12-17/h6-7,12,16,18H,5,8-11,13H2,1-4H3. The summed E-state index contributed by atoms with van der Waals surface area (Å²) in [6.07, 6.45) is -0.747. The lowest BCUT2D eigenvalue weighted by Gasteiger charge is -2.29. The number of nitrogens with zero attached hydrogens (tertiary/aromatic N) is 1. The second-order valence-electron chi connectivity index (χ2n) is 7.54. The summed E-state index contributed by atoms with van der Waals surface area (Å²) in [5.41, 5.74) is 2.64. The first-order chi connectivity index (χ1) is 13.5. The number of hydrogen-bond donors (Lipinski definition) is 0. The predicted molar refractivity (Wildman–Crippen MR) is 109 cm³/mol. The molecule has 160 valence electrons. The fourth-order valence-corrected chi connectivity index (χ4v) is 5.16. The van der Waals surface area contributed by atoms with Crippen LogP contribution in [-0.2, 0) is 24.2 Å². The van der Waals surface area contributed by atoms with Gasteiger partial charge < -0.3 is 9.64 Å². The van der Waals surface area contributed by atoms with E-state index >= 15 is 0 Å². The molecule has 1 heterocycles. The van der Waals surface area contributed by atoms with Crippen molar-refractivity contribution in [3.05, 3.63) is 34.9 Å². The van der Waals surface area contributed by atoms with Gasteiger partial charge in [-0.1, -0.05) is 12.1 Å². The number of rotatable bonds is 8. The van der Waals surface area contributed by atoms with Gasteiger partial charge in [0.15, 0.2) is 21.7 Å². The van der Waals surface area contributed by atoms with Crippen LogP contribution in [-0.4, -0.2) is 61.2 Å². The maximum Gasteiger partial charge on any atom is 0.307 e. The minimum Gasteiger partial charge on any atom is -0.453 e. The van der Waals surface area contributed by atoms with E-state index in [1.807, 2.05) is 19.9 Å². The Morgan fingerprint density at radius 1 is 1.17 bits per heavy atom. The molecular formula is C21H29NO6S. The maximum absolute atomic E-state index is 12.6. The summed E-state index contributed by atoms with van der Waals surface area (Å²) < 4.78 is 28.6. The average molecular weight is 424 g/mol. The lowest BCUT2D eigenvalue weighted by molar-refractivity contribution is -0.159. The van der Waals surface area contributed by atoms with E-state index in [1.165, 1.54) is 11.8 Å². The molecule has 1 aliphatic rings. The number of Topliss-reactive ketones (excluding diaryl/α,β-unsaturated/α-hetero) is 1. The molecule has 0 saturated carbocycles. The average Bonchev–Trinajstić information content (AvgIpc) is 3.01. The normalized spacial score (nSPS) is 18.8. The summed E-state index contributed by atoms with van der Waals surface area (Å²) in [6.45, 7) is 7.45. The highest BCUT2D eigenvalue weighted by Crippen LogP contribution is 2.19. The Morgan fingerprint density at radius 2 is 1.86 bits per heavy atom. The van der Waals surface area contributed by atoms with Gasteiger partial charge in [-0.25, -0.2) is 8.42 Å². The molecule has 0 bridgehead atoms. The molecular weight excluding hydrogens is 394 g/mol. The topological polar surface area (TPSA) is 97.8 Å². The highest BCUT2D eigenvalue weighted by atomic mass is 32.2. The van der Waals surface area contributed by atoms with Gasteiger partial charge >= 0.3 is 5.97 Å². The van der Waals surface area contributed by atoms with Crippen LogP contribution >= 0.6 is 0 Å². The van der Waals surface area contributed by atoms with Crippen molar-refractivity contribution in [2.75, 3.05) is 18.1 Å². The maximum atomic E-state index is 12.6. The predicted octanol–water partition coefficient (Wildman–Crippen LogP) is 2.23. The highest BCUT2D eigenvalue weighted by Gasteiger charge is 2.36. The molecule has 2 atom stereocenters. The Bertz CT molecular complexity index is 892. The number of benzene rings is 1. The number of esters is 1. The molecule has 1 amide bonds. The number of amides is 1. The van der Waals surface area contributed by atoms with Gasteiger partial charge in [0.05, 0.1) is 17.9 Å². The third kappa shape index (κ3) is 6.13. The Kier molecular flexibility index (Phi) is 7.57. The van der Waals surface area contributed by atoms with Gasteiger partial charge in [0.2, 0.25) is 0 Å². The molecule has 7 nitrogen and oxygen atoms in total. The van der Waals surface area contributed by atoms with Gasteiger partial charge in [0, 0.05) is 24.6 Å². The van der Waals surface area contributed by atoms with E-state index in [9.17, 15) is 22.8 Å². The van der Waals surface area contributed by atoms with E-state index in [1.54, 1.807) is 19.1 Å². The number of ketones is 1. The number of aryl methyl sites for hydroxylation is 2. The zero-order valence-electron chi connectivity index (χ0n) is 17.4. The fraction of sp³-hybridized carbons (Fsp3) is 0.571. The van der Waals surface area contributed by atoms with Crippen LogP contribution in [0.4, 0.5) is 0 Å². The van der Waals surface area contributed by atoms with Crippen LogP contribution in [0, 0.1) is 13.8 Å². The first-order valence-electron chi connectivity index (χ1n) is 9.85. The summed E-state index contributed by atoms with van der Waals surface area (Å²) in [5, 5.41) is 0. The smallest absolute Gasteiger partial charge is 0.307 e. The van der Waals surface area contributed by atoms with Crippen LogP contribution in [0.3, 0.4) is 0 Å². The summed E-state index contributed by atoms with van der Waals surface area (Å²) >= 11 is 0. The van der Waals surface area contributed by atoms with Crippen molar-refractivity contribution >= 4 is 27.5 Å². The molecule has 1 aromatic rings. The third-order valence-corrected chi connectivity index (χ3v) is 7.06. The van der Waals surface area contributed by atoms with Crippen molar-refractivity contribution in [2.24, 2.45) is 0 Å². The quantitative estimate of drug-likeness (QED) is 0.470. The number of likely N-dealkylation sites (N-methyl/N-ethyl adjacent to an activating group) is 1. The molecule has 8 heteroatoms. The van der Waals surface area contributed by atoms with E-state index in [4.69, 9.17) is 4.74 Å². The Balaban J connectivity index is 1.88. The second-order valence-corrected chi connectivity index (χ2v) is 9.76. The van der Waals surface area contributed by atoms with Gasteiger partial charge in [-0.15, -0.1) is 0 Å². The zero-order chi connectivity index (χ0) is 21.8. The fourth-order valence-electron chi connectivity index (χ4n) is 3.43. The molecule has 1 saturated heterocycles. The molecule has 1 aromatic carbocycles. The lowest BCUT2D eigenvalue weighted by atomic mass is 10.0. The summed E-state index contributed by atoms with van der Waals surface area (Å²) in [4.78, 5) is 38.5. The van der Waals surface area contributed by atoms with Crippen molar-refractivity contribution in [1.29, 1.82) is 0 Å². The van der Waals surface area contributed by atoms with Crippen molar-refractivity contribution in [1.82, 2.24) is 4.90 Å². The molecule has 2 rings (SSSR count). The van der Waals surface area contributed by atoms with Gasteiger partial charge in [-0.2, -0.15) is 0 Å². The van der Waals surface area contributed by atoms with E-state index < -0.39 is 27.8 Å². The number of ether oxygens (including phenoxy) is 1. The second kappa shape index (κ2) is 9.52. The van der Waals surface area contributed by atoms with E-state index in [0.29, 0.717) is 18.5 Å². The van der Waals surface area contributed by atoms with E-state index in [0.717, 1.165) is 11.1 Å². The molecule has 1 aliphatic heterocycles. The minimum atomic E-state index is -3.12. The van der Waals surface area contributed by atoms with Crippen LogP contribution in [0.2, 0.25) is 0 Å². The molecule has 29 heavy (non-hydrogen) atoms. The number of sulfone groups is 1. The highest BCUT2D eigenvalue weighted by molar-refractivity contribution is 7.91. The van der Waals surface area contributed by atoms with Gasteiger partial charge in [0.25, 0.3) is 5.91 Å². The number of carbonyl (C=O) groups excluding carboxylic acids is 3. The molecule has 0 spiro atoms.